The number of aliphatic carboxylic acids is 3. The molecule has 42 heavy (non-hydrogen) atoms. The van der Waals surface area contributed by atoms with Gasteiger partial charge in [0, 0.05) is 30.1 Å². The third-order valence-corrected chi connectivity index (χ3v) is 6.03. The average molecular weight is 591 g/mol. The highest BCUT2D eigenvalue weighted by Crippen LogP contribution is 2.19. The number of amides is 3. The van der Waals surface area contributed by atoms with Gasteiger partial charge < -0.3 is 53.5 Å². The third-order valence-electron chi connectivity index (χ3n) is 6.03. The Morgan fingerprint density at radius 2 is 1.43 bits per heavy atom. The van der Waals surface area contributed by atoms with Crippen LogP contribution < -0.4 is 33.2 Å². The maximum atomic E-state index is 13.5. The second kappa shape index (κ2) is 15.6. The molecule has 1 heterocycles. The number of guanidine groups is 1. The number of nitrogens with two attached hydrogens (primary N) is 3. The van der Waals surface area contributed by atoms with Gasteiger partial charge in [-0.25, -0.2) is 4.79 Å². The van der Waals surface area contributed by atoms with Crippen LogP contribution in [0.1, 0.15) is 31.2 Å². The molecule has 0 saturated carbocycles. The van der Waals surface area contributed by atoms with E-state index in [0.29, 0.717) is 5.56 Å². The minimum absolute atomic E-state index is 0.0546. The molecule has 17 heteroatoms. The Labute approximate surface area is 238 Å². The summed E-state index contributed by atoms with van der Waals surface area (Å²) in [7, 11) is 0. The van der Waals surface area contributed by atoms with Gasteiger partial charge in [-0.1, -0.05) is 18.2 Å². The highest BCUT2D eigenvalue weighted by molar-refractivity contribution is 5.96. The summed E-state index contributed by atoms with van der Waals surface area (Å²) in [4.78, 5) is 79.6. The molecule has 0 spiro atoms. The fraction of sp³-hybridized carbons (Fsp3) is 0.400. The number of H-pyrrole nitrogens is 1. The molecule has 1 aromatic heterocycles. The molecular formula is C25H34N8O9. The number of carboxylic acids is 3. The fourth-order valence-electron chi connectivity index (χ4n) is 3.98. The predicted octanol–water partition coefficient (Wildman–Crippen LogP) is -2.42. The van der Waals surface area contributed by atoms with Crippen molar-refractivity contribution in [1.29, 1.82) is 0 Å². The van der Waals surface area contributed by atoms with Crippen molar-refractivity contribution in [2.75, 3.05) is 6.54 Å². The number of para-hydroxylation sites is 1. The average Bonchev–Trinajstić information content (AvgIpc) is 3.31. The van der Waals surface area contributed by atoms with E-state index in [1.165, 1.54) is 0 Å². The largest absolute Gasteiger partial charge is 0.481 e. The van der Waals surface area contributed by atoms with Crippen molar-refractivity contribution in [2.24, 2.45) is 22.2 Å². The van der Waals surface area contributed by atoms with E-state index in [-0.39, 0.29) is 31.8 Å². The normalized spacial score (nSPS) is 13.6. The smallest absolute Gasteiger partial charge is 0.326 e. The monoisotopic (exact) mass is 590 g/mol. The molecule has 228 valence electrons. The summed E-state index contributed by atoms with van der Waals surface area (Å²) in [5.74, 6) is -7.43. The van der Waals surface area contributed by atoms with Gasteiger partial charge in [0.1, 0.15) is 18.1 Å². The van der Waals surface area contributed by atoms with E-state index in [0.717, 1.165) is 10.9 Å². The fourth-order valence-corrected chi connectivity index (χ4v) is 3.98. The van der Waals surface area contributed by atoms with E-state index in [1.54, 1.807) is 30.5 Å². The van der Waals surface area contributed by atoms with Gasteiger partial charge in [0.2, 0.25) is 17.7 Å². The van der Waals surface area contributed by atoms with Crippen LogP contribution in [0, 0.1) is 0 Å². The number of carboxylic acid groups (broad SMARTS) is 3. The van der Waals surface area contributed by atoms with Gasteiger partial charge in [-0.3, -0.25) is 29.0 Å². The number of rotatable bonds is 17. The molecule has 4 unspecified atom stereocenters. The zero-order chi connectivity index (χ0) is 31.4. The summed E-state index contributed by atoms with van der Waals surface area (Å²) in [6.07, 6.45) is -0.0484. The molecule has 0 saturated heterocycles. The van der Waals surface area contributed by atoms with Crippen LogP contribution >= 0.6 is 0 Å². The Bertz CT molecular complexity index is 1340. The number of hydrogen-bond donors (Lipinski definition) is 10. The van der Waals surface area contributed by atoms with Crippen LogP contribution in [-0.4, -0.2) is 92.6 Å². The zero-order valence-electron chi connectivity index (χ0n) is 22.4. The third kappa shape index (κ3) is 10.4. The van der Waals surface area contributed by atoms with Gasteiger partial charge >= 0.3 is 17.9 Å². The number of hydrogen-bond acceptors (Lipinski definition) is 8. The molecule has 0 radical (unpaired) electrons. The number of carbonyl (C=O) groups is 6. The van der Waals surface area contributed by atoms with Crippen LogP contribution in [0.4, 0.5) is 0 Å². The first kappa shape index (κ1) is 33.0. The van der Waals surface area contributed by atoms with Gasteiger partial charge in [0.15, 0.2) is 5.96 Å². The van der Waals surface area contributed by atoms with Crippen molar-refractivity contribution in [3.8, 4) is 0 Å². The summed E-state index contributed by atoms with van der Waals surface area (Å²) in [6, 6.07) is 1.12. The van der Waals surface area contributed by atoms with E-state index in [2.05, 4.69) is 25.9 Å². The van der Waals surface area contributed by atoms with Crippen LogP contribution in [0.3, 0.4) is 0 Å². The van der Waals surface area contributed by atoms with Gasteiger partial charge in [-0.05, 0) is 24.5 Å². The minimum atomic E-state index is -1.79. The van der Waals surface area contributed by atoms with Crippen molar-refractivity contribution >= 4 is 52.5 Å². The summed E-state index contributed by atoms with van der Waals surface area (Å²) in [5.41, 5.74) is 17.6. The molecule has 17 nitrogen and oxygen atoms in total. The van der Waals surface area contributed by atoms with Crippen LogP contribution in [0.2, 0.25) is 0 Å². The van der Waals surface area contributed by atoms with Crippen LogP contribution in [0.25, 0.3) is 10.9 Å². The lowest BCUT2D eigenvalue weighted by Crippen LogP contribution is -2.57. The van der Waals surface area contributed by atoms with E-state index in [1.807, 2.05) is 0 Å². The van der Waals surface area contributed by atoms with E-state index in [9.17, 15) is 33.9 Å². The lowest BCUT2D eigenvalue weighted by atomic mass is 10.0. The summed E-state index contributed by atoms with van der Waals surface area (Å²) in [5, 5.41) is 35.0. The molecule has 2 rings (SSSR count). The van der Waals surface area contributed by atoms with Crippen LogP contribution in [0.5, 0.6) is 0 Å². The maximum absolute atomic E-state index is 13.5. The Kier molecular flexibility index (Phi) is 12.2. The molecule has 0 aliphatic carbocycles. The van der Waals surface area contributed by atoms with Crippen LogP contribution in [-0.2, 0) is 35.2 Å². The quantitative estimate of drug-likeness (QED) is 0.0523. The minimum Gasteiger partial charge on any atom is -0.481 e. The maximum Gasteiger partial charge on any atom is 0.326 e. The number of aromatic nitrogens is 1. The van der Waals surface area contributed by atoms with E-state index >= 15 is 0 Å². The summed E-state index contributed by atoms with van der Waals surface area (Å²) >= 11 is 0. The van der Waals surface area contributed by atoms with Crippen molar-refractivity contribution in [3.63, 3.8) is 0 Å². The highest BCUT2D eigenvalue weighted by atomic mass is 16.4. The molecule has 0 aliphatic rings. The number of aliphatic imine (C=N–C) groups is 1. The van der Waals surface area contributed by atoms with E-state index < -0.39 is 72.6 Å². The van der Waals surface area contributed by atoms with Crippen molar-refractivity contribution < 1.29 is 44.1 Å². The second-order valence-corrected chi connectivity index (χ2v) is 9.34. The van der Waals surface area contributed by atoms with Gasteiger partial charge in [0.05, 0.1) is 18.9 Å². The zero-order valence-corrected chi connectivity index (χ0v) is 22.4. The van der Waals surface area contributed by atoms with Crippen molar-refractivity contribution in [2.45, 2.75) is 56.3 Å². The molecule has 1 aromatic carbocycles. The lowest BCUT2D eigenvalue weighted by Gasteiger charge is -2.25. The van der Waals surface area contributed by atoms with Gasteiger partial charge in [-0.15, -0.1) is 0 Å². The second-order valence-electron chi connectivity index (χ2n) is 9.34. The topological polar surface area (TPSA) is 305 Å². The van der Waals surface area contributed by atoms with Gasteiger partial charge in [0.25, 0.3) is 0 Å². The molecule has 0 aliphatic heterocycles. The highest BCUT2D eigenvalue weighted by Gasteiger charge is 2.31. The SMILES string of the molecule is NC(N)=NCCCC(NC(=O)C(Cc1c[nH]c2ccccc12)NC(=O)C(N)CC(=O)O)C(=O)NC(CC(=O)O)C(=O)O. The molecular weight excluding hydrogens is 556 g/mol. The Morgan fingerprint density at radius 1 is 0.833 bits per heavy atom. The molecule has 0 fully saturated rings. The molecule has 13 N–H and O–H groups in total. The number of aromatic amines is 1. The Balaban J connectivity index is 2.33. The molecule has 0 bridgehead atoms. The number of nitrogens with zero attached hydrogens (tertiary/aromatic N) is 1. The number of nitrogens with one attached hydrogen (secondary N) is 4. The first-order valence-corrected chi connectivity index (χ1v) is 12.7. The number of carbonyl (C=O) groups excluding carboxylic acids is 3. The molecule has 4 atom stereocenters. The Morgan fingerprint density at radius 3 is 2.05 bits per heavy atom. The number of benzene rings is 1. The summed E-state index contributed by atoms with van der Waals surface area (Å²) < 4.78 is 0. The molecule has 2 aromatic rings. The lowest BCUT2D eigenvalue weighted by molar-refractivity contribution is -0.147. The molecule has 3 amide bonds. The van der Waals surface area contributed by atoms with Crippen molar-refractivity contribution in [1.82, 2.24) is 20.9 Å². The van der Waals surface area contributed by atoms with Crippen LogP contribution in [0.15, 0.2) is 35.5 Å². The Hall–Kier alpha value is -5.19. The first-order valence-electron chi connectivity index (χ1n) is 12.7. The number of fused-ring (bicyclic) bond motifs is 1. The van der Waals surface area contributed by atoms with Gasteiger partial charge in [-0.2, -0.15) is 0 Å². The summed E-state index contributed by atoms with van der Waals surface area (Å²) in [6.45, 7) is 0.0546. The van der Waals surface area contributed by atoms with E-state index in [4.69, 9.17) is 27.4 Å². The predicted molar refractivity (Wildman–Crippen MR) is 148 cm³/mol. The first-order chi connectivity index (χ1) is 19.8. The standard InChI is InChI=1S/C25H34N8O9/c26-14(9-19(34)35)21(38)32-17(8-12-11-30-15-5-2-1-4-13(12)15)23(40)31-16(6-3-7-29-25(27)28)22(39)33-18(24(41)42)10-20(36)37/h1-2,4-5,11,14,16-18,30H,3,6-10,26H2,(H,31,40)(H,32,38)(H,33,39)(H,34,35)(H,36,37)(H,41,42)(H4,27,28,29). The van der Waals surface area contributed by atoms with Crippen molar-refractivity contribution in [3.05, 3.63) is 36.0 Å².